The smallest absolute Gasteiger partial charge is 0.311 e. The molecule has 0 saturated carbocycles. The Bertz CT molecular complexity index is 566. The number of carbonyl (C=O) groups is 1. The highest BCUT2D eigenvalue weighted by Gasteiger charge is 2.24. The molecule has 2 rings (SSSR count). The van der Waals surface area contributed by atoms with E-state index in [-0.39, 0.29) is 6.42 Å². The van der Waals surface area contributed by atoms with Gasteiger partial charge in [-0.25, -0.2) is 0 Å². The second-order valence-electron chi connectivity index (χ2n) is 4.60. The molecule has 0 aliphatic carbocycles. The van der Waals surface area contributed by atoms with Gasteiger partial charge in [0.15, 0.2) is 0 Å². The van der Waals surface area contributed by atoms with Gasteiger partial charge in [0, 0.05) is 5.02 Å². The summed E-state index contributed by atoms with van der Waals surface area (Å²) in [7, 11) is 0. The molecule has 0 aromatic heterocycles. The van der Waals surface area contributed by atoms with Crippen molar-refractivity contribution in [2.75, 3.05) is 0 Å². The van der Waals surface area contributed by atoms with E-state index in [9.17, 15) is 15.0 Å². The maximum Gasteiger partial charge on any atom is 0.311 e. The number of carboxylic acid groups (broad SMARTS) is 1. The molecule has 0 radical (unpaired) electrons. The van der Waals surface area contributed by atoms with E-state index in [1.54, 1.807) is 36.4 Å². The number of aliphatic carboxylic acids is 1. The van der Waals surface area contributed by atoms with Gasteiger partial charge in [-0.1, -0.05) is 54.1 Å². The average molecular weight is 291 g/mol. The number of hydrogen-bond donors (Lipinski definition) is 2. The molecule has 2 N–H and O–H groups in total. The Morgan fingerprint density at radius 3 is 2.15 bits per heavy atom. The Labute approximate surface area is 122 Å². The Balaban J connectivity index is 2.18. The quantitative estimate of drug-likeness (QED) is 0.884. The van der Waals surface area contributed by atoms with Gasteiger partial charge in [0.2, 0.25) is 0 Å². The Kier molecular flexibility index (Phi) is 4.77. The van der Waals surface area contributed by atoms with Gasteiger partial charge in [0.1, 0.15) is 0 Å². The van der Waals surface area contributed by atoms with Crippen LogP contribution in [0.1, 0.15) is 29.6 Å². The maximum absolute atomic E-state index is 11.4. The van der Waals surface area contributed by atoms with Gasteiger partial charge in [0.25, 0.3) is 0 Å². The van der Waals surface area contributed by atoms with Crippen molar-refractivity contribution in [3.8, 4) is 0 Å². The van der Waals surface area contributed by atoms with Crippen LogP contribution in [0.25, 0.3) is 0 Å². The minimum atomic E-state index is -0.956. The van der Waals surface area contributed by atoms with Crippen LogP contribution >= 0.6 is 11.6 Å². The van der Waals surface area contributed by atoms with Crippen LogP contribution in [-0.4, -0.2) is 16.2 Å². The first-order valence-electron chi connectivity index (χ1n) is 6.29. The molecule has 2 aromatic rings. The van der Waals surface area contributed by atoms with Gasteiger partial charge in [-0.05, 0) is 29.7 Å². The van der Waals surface area contributed by atoms with E-state index >= 15 is 0 Å². The Morgan fingerprint density at radius 1 is 1.00 bits per heavy atom. The number of aliphatic hydroxyl groups excluding tert-OH is 1. The fourth-order valence-electron chi connectivity index (χ4n) is 2.11. The molecule has 0 amide bonds. The van der Waals surface area contributed by atoms with E-state index in [4.69, 9.17) is 11.6 Å². The van der Waals surface area contributed by atoms with Gasteiger partial charge in [-0.15, -0.1) is 0 Å². The summed E-state index contributed by atoms with van der Waals surface area (Å²) >= 11 is 5.80. The van der Waals surface area contributed by atoms with Crippen LogP contribution in [0.4, 0.5) is 0 Å². The molecule has 20 heavy (non-hydrogen) atoms. The van der Waals surface area contributed by atoms with Gasteiger partial charge < -0.3 is 10.2 Å². The average Bonchev–Trinajstić information content (AvgIpc) is 2.46. The summed E-state index contributed by atoms with van der Waals surface area (Å²) in [4.78, 5) is 11.4. The summed E-state index contributed by atoms with van der Waals surface area (Å²) in [6, 6.07) is 15.7. The molecule has 0 aliphatic rings. The third-order valence-corrected chi connectivity index (χ3v) is 3.47. The number of benzene rings is 2. The lowest BCUT2D eigenvalue weighted by molar-refractivity contribution is -0.139. The molecule has 2 atom stereocenters. The van der Waals surface area contributed by atoms with Crippen LogP contribution in [0.3, 0.4) is 0 Å². The molecule has 4 heteroatoms. The zero-order chi connectivity index (χ0) is 14.5. The second kappa shape index (κ2) is 6.55. The minimum Gasteiger partial charge on any atom is -0.481 e. The highest BCUT2D eigenvalue weighted by molar-refractivity contribution is 6.30. The van der Waals surface area contributed by atoms with Crippen molar-refractivity contribution in [2.45, 2.75) is 18.4 Å². The number of carboxylic acids is 1. The van der Waals surface area contributed by atoms with Gasteiger partial charge >= 0.3 is 5.97 Å². The van der Waals surface area contributed by atoms with Crippen molar-refractivity contribution in [2.24, 2.45) is 0 Å². The Morgan fingerprint density at radius 2 is 1.60 bits per heavy atom. The Hall–Kier alpha value is -1.84. The fourth-order valence-corrected chi connectivity index (χ4v) is 2.24. The molecule has 0 heterocycles. The minimum absolute atomic E-state index is 0.126. The monoisotopic (exact) mass is 290 g/mol. The normalized spacial score (nSPS) is 13.7. The van der Waals surface area contributed by atoms with Gasteiger partial charge in [-0.3, -0.25) is 4.79 Å². The van der Waals surface area contributed by atoms with Crippen LogP contribution in [0.5, 0.6) is 0 Å². The molecule has 0 spiro atoms. The lowest BCUT2D eigenvalue weighted by Gasteiger charge is -2.17. The van der Waals surface area contributed by atoms with Crippen LogP contribution in [0, 0.1) is 0 Å². The first-order valence-corrected chi connectivity index (χ1v) is 6.67. The van der Waals surface area contributed by atoms with Crippen molar-refractivity contribution in [3.63, 3.8) is 0 Å². The van der Waals surface area contributed by atoms with Crippen LogP contribution in [0.15, 0.2) is 54.6 Å². The van der Waals surface area contributed by atoms with E-state index in [0.717, 1.165) is 0 Å². The summed E-state index contributed by atoms with van der Waals surface area (Å²) in [6.45, 7) is 0. The van der Waals surface area contributed by atoms with Crippen molar-refractivity contribution < 1.29 is 15.0 Å². The van der Waals surface area contributed by atoms with E-state index < -0.39 is 18.0 Å². The first-order chi connectivity index (χ1) is 9.58. The van der Waals surface area contributed by atoms with Crippen molar-refractivity contribution >= 4 is 17.6 Å². The van der Waals surface area contributed by atoms with Crippen LogP contribution in [0.2, 0.25) is 5.02 Å². The zero-order valence-corrected chi connectivity index (χ0v) is 11.5. The third kappa shape index (κ3) is 3.59. The number of aliphatic hydroxyl groups is 1. The largest absolute Gasteiger partial charge is 0.481 e. The van der Waals surface area contributed by atoms with E-state index in [1.165, 1.54) is 0 Å². The standard InChI is InChI=1S/C16H15ClO3/c17-13-8-6-11(7-9-13)14(16(19)20)10-15(18)12-4-2-1-3-5-12/h1-9,14-15,18H,10H2,(H,19,20). The van der Waals surface area contributed by atoms with E-state index in [0.29, 0.717) is 16.1 Å². The van der Waals surface area contributed by atoms with Crippen molar-refractivity contribution in [3.05, 3.63) is 70.7 Å². The lowest BCUT2D eigenvalue weighted by atomic mass is 9.91. The predicted molar refractivity (Wildman–Crippen MR) is 77.8 cm³/mol. The number of halogens is 1. The second-order valence-corrected chi connectivity index (χ2v) is 5.04. The van der Waals surface area contributed by atoms with Crippen molar-refractivity contribution in [1.29, 1.82) is 0 Å². The molecule has 3 nitrogen and oxygen atoms in total. The molecule has 0 saturated heterocycles. The molecule has 0 aliphatic heterocycles. The zero-order valence-electron chi connectivity index (χ0n) is 10.7. The maximum atomic E-state index is 11.4. The number of rotatable bonds is 5. The molecular weight excluding hydrogens is 276 g/mol. The number of hydrogen-bond acceptors (Lipinski definition) is 2. The van der Waals surface area contributed by atoms with Gasteiger partial charge in [0.05, 0.1) is 12.0 Å². The molecule has 0 fully saturated rings. The molecular formula is C16H15ClO3. The van der Waals surface area contributed by atoms with Crippen LogP contribution < -0.4 is 0 Å². The van der Waals surface area contributed by atoms with E-state index in [2.05, 4.69) is 0 Å². The van der Waals surface area contributed by atoms with Crippen LogP contribution in [-0.2, 0) is 4.79 Å². The molecule has 2 unspecified atom stereocenters. The SMILES string of the molecule is O=C(O)C(CC(O)c1ccccc1)c1ccc(Cl)cc1. The lowest BCUT2D eigenvalue weighted by Crippen LogP contribution is -2.15. The molecule has 104 valence electrons. The highest BCUT2D eigenvalue weighted by Crippen LogP contribution is 2.29. The summed E-state index contributed by atoms with van der Waals surface area (Å²) in [6.07, 6.45) is -0.686. The van der Waals surface area contributed by atoms with Gasteiger partial charge in [-0.2, -0.15) is 0 Å². The summed E-state index contributed by atoms with van der Waals surface area (Å²) in [5, 5.41) is 20.1. The highest BCUT2D eigenvalue weighted by atomic mass is 35.5. The summed E-state index contributed by atoms with van der Waals surface area (Å²) in [5.74, 6) is -1.72. The predicted octanol–water partition coefficient (Wildman–Crippen LogP) is 3.63. The van der Waals surface area contributed by atoms with Crippen molar-refractivity contribution in [1.82, 2.24) is 0 Å². The third-order valence-electron chi connectivity index (χ3n) is 3.21. The topological polar surface area (TPSA) is 57.5 Å². The fraction of sp³-hybridized carbons (Fsp3) is 0.188. The molecule has 0 bridgehead atoms. The first kappa shape index (κ1) is 14.6. The molecule has 2 aromatic carbocycles. The summed E-state index contributed by atoms with van der Waals surface area (Å²) in [5.41, 5.74) is 1.35. The van der Waals surface area contributed by atoms with E-state index in [1.807, 2.05) is 18.2 Å². The summed E-state index contributed by atoms with van der Waals surface area (Å²) < 4.78 is 0.